The van der Waals surface area contributed by atoms with Crippen LogP contribution in [0.1, 0.15) is 13.3 Å². The number of anilines is 4. The Morgan fingerprint density at radius 3 is 1.73 bits per heavy atom. The van der Waals surface area contributed by atoms with Crippen molar-refractivity contribution in [3.63, 3.8) is 0 Å². The summed E-state index contributed by atoms with van der Waals surface area (Å²) in [4.78, 5) is 17.7. The van der Waals surface area contributed by atoms with Gasteiger partial charge in [0.1, 0.15) is 11.0 Å². The highest BCUT2D eigenvalue weighted by atomic mass is 16.3. The highest BCUT2D eigenvalue weighted by molar-refractivity contribution is 5.94. The molecule has 120 valence electrons. The molecule has 0 aliphatic heterocycles. The third-order valence-electron chi connectivity index (χ3n) is 2.94. The minimum atomic E-state index is 0.00525. The van der Waals surface area contributed by atoms with Crippen LogP contribution in [0.5, 0.6) is 0 Å². The predicted octanol–water partition coefficient (Wildman–Crippen LogP) is 0.729. The number of hydrogen-bond acceptors (Lipinski definition) is 9. The molecule has 0 atom stereocenters. The van der Waals surface area contributed by atoms with E-state index in [4.69, 9.17) is 5.11 Å². The molecule has 0 unspecified atom stereocenters. The van der Waals surface area contributed by atoms with Gasteiger partial charge in [0.25, 0.3) is 0 Å². The molecule has 22 heavy (non-hydrogen) atoms. The number of nitrogens with one attached hydrogen (secondary N) is 4. The zero-order valence-corrected chi connectivity index (χ0v) is 13.1. The van der Waals surface area contributed by atoms with Crippen molar-refractivity contribution in [2.45, 2.75) is 13.3 Å². The van der Waals surface area contributed by atoms with E-state index in [9.17, 15) is 0 Å². The van der Waals surface area contributed by atoms with Crippen LogP contribution in [0.4, 0.5) is 23.5 Å². The summed E-state index contributed by atoms with van der Waals surface area (Å²) >= 11 is 0. The summed E-state index contributed by atoms with van der Waals surface area (Å²) in [5, 5.41) is 21.2. The molecule has 0 saturated carbocycles. The number of rotatable bonds is 8. The molecule has 2 aromatic heterocycles. The number of aliphatic hydroxyl groups excluding tert-OH is 1. The van der Waals surface area contributed by atoms with Gasteiger partial charge in [0.15, 0.2) is 11.6 Å². The lowest BCUT2D eigenvalue weighted by Crippen LogP contribution is -2.13. The second-order valence-corrected chi connectivity index (χ2v) is 4.57. The van der Waals surface area contributed by atoms with E-state index in [0.717, 1.165) is 13.0 Å². The Bertz CT molecular complexity index is 578. The molecule has 9 heteroatoms. The first-order valence-corrected chi connectivity index (χ1v) is 7.27. The summed E-state index contributed by atoms with van der Waals surface area (Å²) in [5.74, 6) is 2.16. The van der Waals surface area contributed by atoms with E-state index in [1.54, 1.807) is 14.1 Å². The van der Waals surface area contributed by atoms with Crippen molar-refractivity contribution in [3.8, 4) is 0 Å². The van der Waals surface area contributed by atoms with E-state index >= 15 is 0 Å². The molecule has 0 aliphatic carbocycles. The zero-order chi connectivity index (χ0) is 15.9. The molecular weight excluding hydrogens is 284 g/mol. The fourth-order valence-corrected chi connectivity index (χ4v) is 1.90. The maximum absolute atomic E-state index is 9.02. The van der Waals surface area contributed by atoms with Gasteiger partial charge in [-0.1, -0.05) is 6.92 Å². The maximum atomic E-state index is 9.02. The molecular formula is C13H22N8O. The molecule has 0 fully saturated rings. The lowest BCUT2D eigenvalue weighted by Gasteiger charge is -2.13. The molecule has 9 nitrogen and oxygen atoms in total. The van der Waals surface area contributed by atoms with Crippen LogP contribution in [0.2, 0.25) is 0 Å². The van der Waals surface area contributed by atoms with Gasteiger partial charge in [-0.3, -0.25) is 0 Å². The summed E-state index contributed by atoms with van der Waals surface area (Å²) in [6.07, 6.45) is 0.972. The molecule has 2 aromatic rings. The zero-order valence-electron chi connectivity index (χ0n) is 13.1. The van der Waals surface area contributed by atoms with Crippen LogP contribution in [-0.4, -0.2) is 58.8 Å². The normalized spacial score (nSPS) is 10.5. The molecule has 2 heterocycles. The van der Waals surface area contributed by atoms with Crippen molar-refractivity contribution in [2.75, 3.05) is 55.1 Å². The Morgan fingerprint density at radius 1 is 0.818 bits per heavy atom. The summed E-state index contributed by atoms with van der Waals surface area (Å²) in [6.45, 7) is 3.25. The van der Waals surface area contributed by atoms with E-state index in [0.29, 0.717) is 41.1 Å². The Labute approximate surface area is 129 Å². The predicted molar refractivity (Wildman–Crippen MR) is 88.6 cm³/mol. The van der Waals surface area contributed by atoms with Gasteiger partial charge in [-0.2, -0.15) is 9.97 Å². The van der Waals surface area contributed by atoms with Gasteiger partial charge in [-0.15, -0.1) is 0 Å². The smallest absolute Gasteiger partial charge is 0.225 e. The van der Waals surface area contributed by atoms with Crippen LogP contribution < -0.4 is 21.3 Å². The van der Waals surface area contributed by atoms with Crippen molar-refractivity contribution in [1.29, 1.82) is 0 Å². The third kappa shape index (κ3) is 3.42. The molecule has 0 amide bonds. The maximum Gasteiger partial charge on any atom is 0.225 e. The first-order chi connectivity index (χ1) is 10.7. The molecule has 5 N–H and O–H groups in total. The van der Waals surface area contributed by atoms with E-state index in [2.05, 4.69) is 48.1 Å². The molecule has 0 aromatic carbocycles. The number of nitrogens with zero attached hydrogens (tertiary/aromatic N) is 4. The van der Waals surface area contributed by atoms with Gasteiger partial charge in [-0.05, 0) is 6.42 Å². The Kier molecular flexibility index (Phi) is 5.48. The first-order valence-electron chi connectivity index (χ1n) is 7.27. The van der Waals surface area contributed by atoms with Crippen molar-refractivity contribution < 1.29 is 5.11 Å². The number of fused-ring (bicyclic) bond motifs is 1. The van der Waals surface area contributed by atoms with E-state index < -0.39 is 0 Å². The van der Waals surface area contributed by atoms with Gasteiger partial charge in [0.2, 0.25) is 11.9 Å². The van der Waals surface area contributed by atoms with Crippen LogP contribution in [0.25, 0.3) is 11.0 Å². The average Bonchev–Trinajstić information content (AvgIpc) is 2.56. The fraction of sp³-hybridized carbons (Fsp3) is 0.538. The summed E-state index contributed by atoms with van der Waals surface area (Å²) in [7, 11) is 3.51. The van der Waals surface area contributed by atoms with Gasteiger partial charge in [0.05, 0.1) is 6.61 Å². The minimum Gasteiger partial charge on any atom is -0.395 e. The highest BCUT2D eigenvalue weighted by Gasteiger charge is 2.15. The number of aromatic nitrogens is 4. The van der Waals surface area contributed by atoms with Crippen LogP contribution in [0.3, 0.4) is 0 Å². The van der Waals surface area contributed by atoms with Gasteiger partial charge in [0, 0.05) is 27.2 Å². The topological polar surface area (TPSA) is 120 Å². The van der Waals surface area contributed by atoms with Crippen molar-refractivity contribution in [2.24, 2.45) is 0 Å². The van der Waals surface area contributed by atoms with Crippen molar-refractivity contribution >= 4 is 34.6 Å². The van der Waals surface area contributed by atoms with Crippen LogP contribution in [0.15, 0.2) is 0 Å². The van der Waals surface area contributed by atoms with Gasteiger partial charge < -0.3 is 26.4 Å². The Balaban J connectivity index is 2.60. The van der Waals surface area contributed by atoms with Crippen molar-refractivity contribution in [1.82, 2.24) is 19.9 Å². The largest absolute Gasteiger partial charge is 0.395 e. The van der Waals surface area contributed by atoms with Crippen LogP contribution in [0, 0.1) is 0 Å². The second kappa shape index (κ2) is 7.55. The second-order valence-electron chi connectivity index (χ2n) is 4.57. The summed E-state index contributed by atoms with van der Waals surface area (Å²) in [5.41, 5.74) is 1.23. The number of hydrogen-bond donors (Lipinski definition) is 5. The molecule has 0 radical (unpaired) electrons. The Morgan fingerprint density at radius 2 is 1.32 bits per heavy atom. The lowest BCUT2D eigenvalue weighted by molar-refractivity contribution is 0.311. The average molecular weight is 306 g/mol. The quantitative estimate of drug-likeness (QED) is 0.480. The first kappa shape index (κ1) is 16.0. The van der Waals surface area contributed by atoms with E-state index in [-0.39, 0.29) is 6.61 Å². The van der Waals surface area contributed by atoms with Gasteiger partial charge >= 0.3 is 0 Å². The SMILES string of the molecule is CCCNc1nc(NC)nc2c(NCCO)nc(NC)nc12. The molecule has 0 saturated heterocycles. The molecule has 2 rings (SSSR count). The minimum absolute atomic E-state index is 0.00525. The summed E-state index contributed by atoms with van der Waals surface area (Å²) < 4.78 is 0. The van der Waals surface area contributed by atoms with Crippen molar-refractivity contribution in [3.05, 3.63) is 0 Å². The Hall–Kier alpha value is -2.42. The molecule has 0 aliphatic rings. The standard InChI is InChI=1S/C13H22N8O/c1-4-5-16-10-8-9(19-12(14-2)20-10)11(17-6-7-22)21-13(15-3)18-8/h22H,4-7H2,1-3H3,(H2,14,16,19,20)(H2,15,17,18,21). The van der Waals surface area contributed by atoms with Gasteiger partial charge in [-0.25, -0.2) is 9.97 Å². The molecule has 0 bridgehead atoms. The summed E-state index contributed by atoms with van der Waals surface area (Å²) in [6, 6.07) is 0. The third-order valence-corrected chi connectivity index (χ3v) is 2.94. The molecule has 0 spiro atoms. The van der Waals surface area contributed by atoms with E-state index in [1.165, 1.54) is 0 Å². The highest BCUT2D eigenvalue weighted by Crippen LogP contribution is 2.26. The fourth-order valence-electron chi connectivity index (χ4n) is 1.90. The van der Waals surface area contributed by atoms with E-state index in [1.807, 2.05) is 0 Å². The van der Waals surface area contributed by atoms with Crippen LogP contribution >= 0.6 is 0 Å². The van der Waals surface area contributed by atoms with Crippen LogP contribution in [-0.2, 0) is 0 Å². The number of aliphatic hydroxyl groups is 1. The monoisotopic (exact) mass is 306 g/mol. The lowest BCUT2D eigenvalue weighted by atomic mass is 10.3.